The minimum absolute atomic E-state index is 0. The van der Waals surface area contributed by atoms with E-state index in [4.69, 9.17) is 0 Å². The van der Waals surface area contributed by atoms with Crippen molar-refractivity contribution in [2.24, 2.45) is 0 Å². The van der Waals surface area contributed by atoms with Crippen LogP contribution in [0.1, 0.15) is 66.2 Å². The topological polar surface area (TPSA) is 0 Å². The molecule has 12 heavy (non-hydrogen) atoms. The number of halogens is 2. The summed E-state index contributed by atoms with van der Waals surface area (Å²) in [6.07, 6.45) is 8.15. The zero-order chi connectivity index (χ0) is 8.24. The van der Waals surface area contributed by atoms with E-state index in [1.165, 1.54) is 38.5 Å². The van der Waals surface area contributed by atoms with E-state index in [1.54, 1.807) is 0 Å². The molecule has 0 heterocycles. The van der Waals surface area contributed by atoms with Crippen LogP contribution in [0.4, 0.5) is 0 Å². The molecule has 0 saturated carbocycles. The van der Waals surface area contributed by atoms with Crippen LogP contribution in [0.15, 0.2) is 0 Å². The predicted octanol–water partition coefficient (Wildman–Crippen LogP) is 5.24. The molecule has 0 bridgehead atoms. The summed E-state index contributed by atoms with van der Waals surface area (Å²) < 4.78 is 0. The van der Waals surface area contributed by atoms with E-state index in [1.807, 2.05) is 0 Å². The highest BCUT2D eigenvalue weighted by Gasteiger charge is 1.68. The summed E-state index contributed by atoms with van der Waals surface area (Å²) in [5.74, 6) is 0. The third kappa shape index (κ3) is 46.3. The van der Waals surface area contributed by atoms with Crippen molar-refractivity contribution in [3.05, 3.63) is 0 Å². The second kappa shape index (κ2) is 29.9. The lowest BCUT2D eigenvalue weighted by Crippen LogP contribution is -1.59. The molecule has 0 N–H and O–H groups in total. The fourth-order valence-corrected chi connectivity index (χ4v) is 0.707. The Hall–Kier alpha value is 0.580. The Labute approximate surface area is 91.3 Å². The lowest BCUT2D eigenvalue weighted by Gasteiger charge is -1.79. The first kappa shape index (κ1) is 22.9. The highest BCUT2D eigenvalue weighted by molar-refractivity contribution is 5.85. The maximum Gasteiger partial charge on any atom is -0.0538 e. The fourth-order valence-electron chi connectivity index (χ4n) is 0.707. The molecule has 0 spiro atoms. The summed E-state index contributed by atoms with van der Waals surface area (Å²) in [6, 6.07) is 0. The van der Waals surface area contributed by atoms with Crippen LogP contribution < -0.4 is 0 Å². The van der Waals surface area contributed by atoms with Gasteiger partial charge in [-0.05, 0) is 0 Å². The molecule has 0 rings (SSSR count). The molecule has 0 aromatic carbocycles. The Bertz CT molecular complexity index is 28.8. The van der Waals surface area contributed by atoms with Gasteiger partial charge in [0.1, 0.15) is 0 Å². The second-order valence-corrected chi connectivity index (χ2v) is 2.71. The van der Waals surface area contributed by atoms with Gasteiger partial charge in [0.25, 0.3) is 0 Å². The zero-order valence-electron chi connectivity index (χ0n) is 9.06. The van der Waals surface area contributed by atoms with E-state index < -0.39 is 0 Å². The van der Waals surface area contributed by atoms with Gasteiger partial charge >= 0.3 is 0 Å². The van der Waals surface area contributed by atoms with Gasteiger partial charge in [0, 0.05) is 0 Å². The van der Waals surface area contributed by atoms with E-state index in [-0.39, 0.29) is 24.8 Å². The Morgan fingerprint density at radius 3 is 0.667 bits per heavy atom. The van der Waals surface area contributed by atoms with Crippen LogP contribution in [0.2, 0.25) is 0 Å². The van der Waals surface area contributed by atoms with Gasteiger partial charge in [-0.2, -0.15) is 0 Å². The summed E-state index contributed by atoms with van der Waals surface area (Å²) in [6.45, 7) is 8.85. The van der Waals surface area contributed by atoms with E-state index >= 15 is 0 Å². The van der Waals surface area contributed by atoms with Crippen molar-refractivity contribution in [3.8, 4) is 0 Å². The van der Waals surface area contributed by atoms with Gasteiger partial charge in [-0.1, -0.05) is 66.2 Å². The summed E-state index contributed by atoms with van der Waals surface area (Å²) in [5, 5.41) is 0. The molecular formula is C10H26Cl2. The maximum atomic E-state index is 2.21. The molecule has 0 nitrogen and oxygen atoms in total. The zero-order valence-corrected chi connectivity index (χ0v) is 10.7. The molecule has 0 aliphatic carbocycles. The summed E-state index contributed by atoms with van der Waals surface area (Å²) in [7, 11) is 0. The third-order valence-electron chi connectivity index (χ3n) is 1.41. The molecule has 0 atom stereocenters. The Kier molecular flexibility index (Phi) is 57.2. The van der Waals surface area contributed by atoms with Gasteiger partial charge < -0.3 is 0 Å². The highest BCUT2D eigenvalue weighted by Crippen LogP contribution is 1.88. The fraction of sp³-hybridized carbons (Fsp3) is 1.00. The molecule has 0 unspecified atom stereocenters. The van der Waals surface area contributed by atoms with Crippen LogP contribution in [0.3, 0.4) is 0 Å². The molecule has 0 fully saturated rings. The van der Waals surface area contributed by atoms with E-state index in [2.05, 4.69) is 27.7 Å². The molecule has 0 amide bonds. The van der Waals surface area contributed by atoms with E-state index in [9.17, 15) is 0 Å². The summed E-state index contributed by atoms with van der Waals surface area (Å²) in [5.41, 5.74) is 0. The molecular weight excluding hydrogens is 191 g/mol. The molecule has 0 aliphatic rings. The van der Waals surface area contributed by atoms with Crippen LogP contribution in [0.5, 0.6) is 0 Å². The highest BCUT2D eigenvalue weighted by atomic mass is 35.5. The van der Waals surface area contributed by atoms with E-state index in [0.29, 0.717) is 0 Å². The van der Waals surface area contributed by atoms with Crippen LogP contribution in [0.25, 0.3) is 0 Å². The quantitative estimate of drug-likeness (QED) is 0.604. The van der Waals surface area contributed by atoms with Crippen molar-refractivity contribution < 1.29 is 0 Å². The van der Waals surface area contributed by atoms with Gasteiger partial charge in [-0.25, -0.2) is 0 Å². The monoisotopic (exact) mass is 216 g/mol. The lowest BCUT2D eigenvalue weighted by atomic mass is 10.3. The van der Waals surface area contributed by atoms with Gasteiger partial charge in [-0.3, -0.25) is 0 Å². The summed E-state index contributed by atoms with van der Waals surface area (Å²) in [4.78, 5) is 0. The first-order valence-corrected chi connectivity index (χ1v) is 4.83. The average Bonchev–Trinajstić information content (AvgIpc) is 1.93. The minimum Gasteiger partial charge on any atom is -0.147 e. The third-order valence-corrected chi connectivity index (χ3v) is 1.41. The van der Waals surface area contributed by atoms with Gasteiger partial charge in [-0.15, -0.1) is 24.8 Å². The first-order valence-electron chi connectivity index (χ1n) is 4.83. The smallest absolute Gasteiger partial charge is 0.0538 e. The van der Waals surface area contributed by atoms with Crippen molar-refractivity contribution in [2.75, 3.05) is 0 Å². The van der Waals surface area contributed by atoms with Crippen LogP contribution in [0, 0.1) is 0 Å². The maximum absolute atomic E-state index is 2.21. The van der Waals surface area contributed by atoms with Crippen LogP contribution in [-0.4, -0.2) is 0 Å². The Morgan fingerprint density at radius 2 is 0.667 bits per heavy atom. The number of unbranched alkanes of at least 4 members (excludes halogenated alkanes) is 4. The van der Waals surface area contributed by atoms with Crippen molar-refractivity contribution in [2.45, 2.75) is 66.2 Å². The average molecular weight is 217 g/mol. The minimum atomic E-state index is 0. The van der Waals surface area contributed by atoms with Crippen molar-refractivity contribution in [3.63, 3.8) is 0 Å². The van der Waals surface area contributed by atoms with Gasteiger partial charge in [0.2, 0.25) is 0 Å². The standard InChI is InChI=1S/2C5H12.2ClH/c2*1-3-5-4-2;;/h2*3-5H2,1-2H3;2*1H. The molecule has 0 radical (unpaired) electrons. The number of hydrogen-bond donors (Lipinski definition) is 0. The first-order chi connectivity index (χ1) is 4.83. The molecule has 80 valence electrons. The lowest BCUT2D eigenvalue weighted by molar-refractivity contribution is 0.772. The van der Waals surface area contributed by atoms with E-state index in [0.717, 1.165) is 0 Å². The summed E-state index contributed by atoms with van der Waals surface area (Å²) >= 11 is 0. The van der Waals surface area contributed by atoms with Crippen molar-refractivity contribution in [1.29, 1.82) is 0 Å². The van der Waals surface area contributed by atoms with Gasteiger partial charge in [0.05, 0.1) is 0 Å². The molecule has 2 heteroatoms. The van der Waals surface area contributed by atoms with Crippen molar-refractivity contribution in [1.82, 2.24) is 0 Å². The Balaban J connectivity index is -0.0000000457. The second-order valence-electron chi connectivity index (χ2n) is 2.71. The molecule has 0 aliphatic heterocycles. The number of rotatable bonds is 4. The normalized spacial score (nSPS) is 7.00. The van der Waals surface area contributed by atoms with Crippen LogP contribution in [-0.2, 0) is 0 Å². The van der Waals surface area contributed by atoms with Crippen molar-refractivity contribution >= 4 is 24.8 Å². The molecule has 0 aromatic rings. The molecule has 0 saturated heterocycles. The molecule has 0 aromatic heterocycles. The SMILES string of the molecule is CCCCC.CCCCC.Cl.Cl. The van der Waals surface area contributed by atoms with Gasteiger partial charge in [0.15, 0.2) is 0 Å². The Morgan fingerprint density at radius 1 is 0.500 bits per heavy atom. The largest absolute Gasteiger partial charge is 0.147 e. The number of hydrogen-bond acceptors (Lipinski definition) is 0. The predicted molar refractivity (Wildman–Crippen MR) is 64.9 cm³/mol. The van der Waals surface area contributed by atoms with Crippen LogP contribution >= 0.6 is 24.8 Å².